The molecule has 0 aliphatic rings. The van der Waals surface area contributed by atoms with E-state index in [4.69, 9.17) is 11.5 Å². The smallest absolute Gasteiger partial charge is 0.406 e. The minimum absolute atomic E-state index is 0.266. The average Bonchev–Trinajstić information content (AvgIpc) is 2.17. The summed E-state index contributed by atoms with van der Waals surface area (Å²) in [6.45, 7) is 0. The summed E-state index contributed by atoms with van der Waals surface area (Å²) < 4.78 is 39.3. The standard InChI is InChI=1S/C9H11F3N4O2/c10-9(11,12)18-6-3-1-5(2-4-6)15-8(17)16-7(13)14/h1-4,7H,13-14H2,(H2,15,16,17). The third kappa shape index (κ3) is 5.37. The zero-order valence-corrected chi connectivity index (χ0v) is 8.99. The molecule has 0 radical (unpaired) electrons. The maximum absolute atomic E-state index is 11.9. The van der Waals surface area contributed by atoms with Crippen molar-refractivity contribution in [2.24, 2.45) is 11.5 Å². The highest BCUT2D eigenvalue weighted by molar-refractivity contribution is 5.89. The number of nitrogens with one attached hydrogen (secondary N) is 2. The molecule has 0 bridgehead atoms. The van der Waals surface area contributed by atoms with Gasteiger partial charge in [0.2, 0.25) is 0 Å². The van der Waals surface area contributed by atoms with Crippen LogP contribution in [0.15, 0.2) is 24.3 Å². The summed E-state index contributed by atoms with van der Waals surface area (Å²) in [5.41, 5.74) is 10.5. The van der Waals surface area contributed by atoms with E-state index in [0.717, 1.165) is 12.1 Å². The molecule has 0 heterocycles. The number of nitrogens with two attached hydrogens (primary N) is 2. The van der Waals surface area contributed by atoms with E-state index in [2.05, 4.69) is 15.4 Å². The van der Waals surface area contributed by atoms with Gasteiger partial charge in [-0.1, -0.05) is 0 Å². The number of hydrogen-bond acceptors (Lipinski definition) is 4. The molecule has 6 nitrogen and oxygen atoms in total. The summed E-state index contributed by atoms with van der Waals surface area (Å²) in [7, 11) is 0. The molecule has 0 spiro atoms. The van der Waals surface area contributed by atoms with Crippen LogP contribution in [0, 0.1) is 0 Å². The highest BCUT2D eigenvalue weighted by atomic mass is 19.4. The second-order valence-electron chi connectivity index (χ2n) is 3.20. The number of alkyl halides is 3. The fourth-order valence-electron chi connectivity index (χ4n) is 1.06. The van der Waals surface area contributed by atoms with Crippen LogP contribution < -0.4 is 26.8 Å². The molecule has 2 amide bonds. The Hall–Kier alpha value is -2.00. The Morgan fingerprint density at radius 1 is 1.22 bits per heavy atom. The number of carbonyl (C=O) groups excluding carboxylic acids is 1. The molecule has 0 unspecified atom stereocenters. The molecule has 0 atom stereocenters. The van der Waals surface area contributed by atoms with E-state index in [1.807, 2.05) is 0 Å². The van der Waals surface area contributed by atoms with Crippen LogP contribution in [-0.4, -0.2) is 18.7 Å². The predicted octanol–water partition coefficient (Wildman–Crippen LogP) is 0.908. The normalized spacial score (nSPS) is 11.2. The molecule has 0 saturated heterocycles. The van der Waals surface area contributed by atoms with Crippen LogP contribution in [0.4, 0.5) is 23.7 Å². The molecule has 0 aliphatic heterocycles. The number of halogens is 3. The van der Waals surface area contributed by atoms with Gasteiger partial charge in [-0.3, -0.25) is 11.5 Å². The van der Waals surface area contributed by atoms with E-state index in [1.54, 1.807) is 0 Å². The van der Waals surface area contributed by atoms with E-state index in [9.17, 15) is 18.0 Å². The number of ether oxygens (including phenoxy) is 1. The van der Waals surface area contributed by atoms with Crippen molar-refractivity contribution < 1.29 is 22.7 Å². The van der Waals surface area contributed by atoms with Crippen molar-refractivity contribution in [3.05, 3.63) is 24.3 Å². The van der Waals surface area contributed by atoms with E-state index in [0.29, 0.717) is 0 Å². The van der Waals surface area contributed by atoms with E-state index >= 15 is 0 Å². The van der Waals surface area contributed by atoms with Crippen molar-refractivity contribution in [3.8, 4) is 5.75 Å². The van der Waals surface area contributed by atoms with Gasteiger partial charge < -0.3 is 15.4 Å². The average molecular weight is 264 g/mol. The molecule has 0 fully saturated rings. The van der Waals surface area contributed by atoms with Gasteiger partial charge >= 0.3 is 12.4 Å². The number of hydrogen-bond donors (Lipinski definition) is 4. The van der Waals surface area contributed by atoms with Crippen LogP contribution in [0.25, 0.3) is 0 Å². The number of urea groups is 1. The number of benzene rings is 1. The highest BCUT2D eigenvalue weighted by Gasteiger charge is 2.30. The molecule has 0 aromatic heterocycles. The maximum atomic E-state index is 11.9. The van der Waals surface area contributed by atoms with Crippen molar-refractivity contribution in [1.29, 1.82) is 0 Å². The first kappa shape index (κ1) is 14.1. The van der Waals surface area contributed by atoms with Crippen molar-refractivity contribution in [2.45, 2.75) is 12.7 Å². The molecule has 100 valence electrons. The minimum Gasteiger partial charge on any atom is -0.406 e. The summed E-state index contributed by atoms with van der Waals surface area (Å²) in [6, 6.07) is 3.93. The Kier molecular flexibility index (Phi) is 4.34. The zero-order valence-electron chi connectivity index (χ0n) is 8.99. The SMILES string of the molecule is NC(N)NC(=O)Nc1ccc(OC(F)(F)F)cc1. The number of anilines is 1. The first-order chi connectivity index (χ1) is 8.26. The zero-order chi connectivity index (χ0) is 13.8. The summed E-state index contributed by atoms with van der Waals surface area (Å²) >= 11 is 0. The lowest BCUT2D eigenvalue weighted by Gasteiger charge is -2.11. The van der Waals surface area contributed by atoms with Gasteiger partial charge in [0.15, 0.2) is 0 Å². The third-order valence-corrected chi connectivity index (χ3v) is 1.64. The van der Waals surface area contributed by atoms with Crippen molar-refractivity contribution >= 4 is 11.7 Å². The molecular formula is C9H11F3N4O2. The molecular weight excluding hydrogens is 253 g/mol. The number of amides is 2. The maximum Gasteiger partial charge on any atom is 0.573 e. The lowest BCUT2D eigenvalue weighted by molar-refractivity contribution is -0.274. The molecule has 1 rings (SSSR count). The lowest BCUT2D eigenvalue weighted by atomic mass is 10.3. The molecule has 6 N–H and O–H groups in total. The largest absolute Gasteiger partial charge is 0.573 e. The number of rotatable bonds is 3. The van der Waals surface area contributed by atoms with Gasteiger partial charge in [0.1, 0.15) is 12.0 Å². The number of carbonyl (C=O) groups is 1. The Morgan fingerprint density at radius 2 is 1.78 bits per heavy atom. The Labute approximate surface area is 100 Å². The second-order valence-corrected chi connectivity index (χ2v) is 3.20. The second kappa shape index (κ2) is 5.56. The third-order valence-electron chi connectivity index (χ3n) is 1.64. The molecule has 0 aliphatic carbocycles. The van der Waals surface area contributed by atoms with Gasteiger partial charge in [-0.15, -0.1) is 13.2 Å². The summed E-state index contributed by atoms with van der Waals surface area (Å²) in [5, 5.41) is 4.45. The van der Waals surface area contributed by atoms with E-state index < -0.39 is 18.7 Å². The first-order valence-corrected chi connectivity index (χ1v) is 4.71. The molecule has 9 heteroatoms. The van der Waals surface area contributed by atoms with Gasteiger partial charge in [0.25, 0.3) is 0 Å². The van der Waals surface area contributed by atoms with Gasteiger partial charge in [-0.05, 0) is 24.3 Å². The molecule has 1 aromatic carbocycles. The fourth-order valence-corrected chi connectivity index (χ4v) is 1.06. The summed E-state index contributed by atoms with van der Waals surface area (Å²) in [5.74, 6) is -0.385. The predicted molar refractivity (Wildman–Crippen MR) is 57.4 cm³/mol. The van der Waals surface area contributed by atoms with E-state index in [-0.39, 0.29) is 11.4 Å². The fraction of sp³-hybridized carbons (Fsp3) is 0.222. The van der Waals surface area contributed by atoms with Gasteiger partial charge in [0.05, 0.1) is 0 Å². The van der Waals surface area contributed by atoms with Crippen molar-refractivity contribution in [1.82, 2.24) is 5.32 Å². The van der Waals surface area contributed by atoms with Gasteiger partial charge in [-0.2, -0.15) is 0 Å². The van der Waals surface area contributed by atoms with Crippen molar-refractivity contribution in [2.75, 3.05) is 5.32 Å². The molecule has 1 aromatic rings. The summed E-state index contributed by atoms with van der Waals surface area (Å²) in [6.07, 6.45) is -5.78. The van der Waals surface area contributed by atoms with Crippen LogP contribution in [0.5, 0.6) is 5.75 Å². The quantitative estimate of drug-likeness (QED) is 0.609. The van der Waals surface area contributed by atoms with Crippen molar-refractivity contribution in [3.63, 3.8) is 0 Å². The Morgan fingerprint density at radius 3 is 2.22 bits per heavy atom. The molecule has 0 saturated carbocycles. The van der Waals surface area contributed by atoms with Gasteiger partial charge in [-0.25, -0.2) is 4.79 Å². The van der Waals surface area contributed by atoms with Crippen LogP contribution in [-0.2, 0) is 0 Å². The summed E-state index contributed by atoms with van der Waals surface area (Å²) in [4.78, 5) is 11.1. The monoisotopic (exact) mass is 264 g/mol. The Balaban J connectivity index is 2.58. The first-order valence-electron chi connectivity index (χ1n) is 4.71. The van der Waals surface area contributed by atoms with Crippen LogP contribution >= 0.6 is 0 Å². The van der Waals surface area contributed by atoms with Crippen LogP contribution in [0.1, 0.15) is 0 Å². The minimum atomic E-state index is -4.75. The van der Waals surface area contributed by atoms with Crippen LogP contribution in [0.2, 0.25) is 0 Å². The molecule has 18 heavy (non-hydrogen) atoms. The van der Waals surface area contributed by atoms with Gasteiger partial charge in [0, 0.05) is 5.69 Å². The van der Waals surface area contributed by atoms with Crippen LogP contribution in [0.3, 0.4) is 0 Å². The van der Waals surface area contributed by atoms with E-state index in [1.165, 1.54) is 12.1 Å². The highest BCUT2D eigenvalue weighted by Crippen LogP contribution is 2.23. The lowest BCUT2D eigenvalue weighted by Crippen LogP contribution is -2.49. The Bertz CT molecular complexity index is 405. The topological polar surface area (TPSA) is 102 Å².